The van der Waals surface area contributed by atoms with Gasteiger partial charge in [0.15, 0.2) is 0 Å². The maximum Gasteiger partial charge on any atom is 0.341 e. The second-order valence-corrected chi connectivity index (χ2v) is 4.27. The zero-order valence-corrected chi connectivity index (χ0v) is 7.36. The van der Waals surface area contributed by atoms with Gasteiger partial charge in [0.25, 0.3) is 0 Å². The molecule has 1 aromatic rings. The Bertz CT molecular complexity index is 441. The first-order chi connectivity index (χ1) is 6.35. The first-order valence-corrected chi connectivity index (χ1v) is 4.87. The van der Waals surface area contributed by atoms with Gasteiger partial charge in [0.1, 0.15) is 16.5 Å². The van der Waals surface area contributed by atoms with Gasteiger partial charge in [0.05, 0.1) is 0 Å². The molecule has 0 aliphatic rings. The van der Waals surface area contributed by atoms with Gasteiger partial charge in [-0.1, -0.05) is 0 Å². The van der Waals surface area contributed by atoms with Crippen LogP contribution in [0.25, 0.3) is 0 Å². The smallest absolute Gasteiger partial charge is 0.218 e. The number of hydrogen-bond donors (Lipinski definition) is 0. The molecule has 0 amide bonds. The predicted molar refractivity (Wildman–Crippen MR) is 39.5 cm³/mol. The van der Waals surface area contributed by atoms with E-state index in [9.17, 15) is 26.0 Å². The highest BCUT2D eigenvalue weighted by molar-refractivity contribution is 7.91. The average Bonchev–Trinajstić information content (AvgIpc) is 2.08. The third-order valence-corrected chi connectivity index (χ3v) is 2.83. The molecule has 2 nitrogen and oxygen atoms in total. The molecule has 1 rings (SSSR count). The fourth-order valence-corrected chi connectivity index (χ4v) is 1.60. The van der Waals surface area contributed by atoms with Crippen LogP contribution >= 0.6 is 0 Å². The molecule has 0 saturated carbocycles. The Morgan fingerprint density at radius 2 is 1.71 bits per heavy atom. The molecule has 0 bridgehead atoms. The zero-order valence-electron chi connectivity index (χ0n) is 6.55. The lowest BCUT2D eigenvalue weighted by atomic mass is 10.3. The summed E-state index contributed by atoms with van der Waals surface area (Å²) in [6.07, 6.45) is 0. The molecule has 0 atom stereocenters. The Morgan fingerprint density at radius 1 is 1.14 bits per heavy atom. The molecule has 0 aliphatic heterocycles. The Morgan fingerprint density at radius 3 is 2.21 bits per heavy atom. The lowest BCUT2D eigenvalue weighted by Crippen LogP contribution is -2.13. The topological polar surface area (TPSA) is 34.1 Å². The van der Waals surface area contributed by atoms with Gasteiger partial charge in [0, 0.05) is 0 Å². The van der Waals surface area contributed by atoms with Crippen LogP contribution in [-0.4, -0.2) is 14.2 Å². The van der Waals surface area contributed by atoms with Crippen LogP contribution in [0.1, 0.15) is 0 Å². The van der Waals surface area contributed by atoms with E-state index in [2.05, 4.69) is 0 Å². The van der Waals surface area contributed by atoms with Crippen molar-refractivity contribution >= 4 is 9.84 Å². The third-order valence-electron chi connectivity index (χ3n) is 1.43. The average molecular weight is 228 g/mol. The maximum absolute atomic E-state index is 12.7. The summed E-state index contributed by atoms with van der Waals surface area (Å²) in [5, 5.41) is 0. The highest BCUT2D eigenvalue weighted by Crippen LogP contribution is 2.21. The van der Waals surface area contributed by atoms with Crippen molar-refractivity contribution in [2.24, 2.45) is 0 Å². The van der Waals surface area contributed by atoms with E-state index < -0.39 is 32.1 Å². The van der Waals surface area contributed by atoms with Gasteiger partial charge in [-0.3, -0.25) is 0 Å². The van der Waals surface area contributed by atoms with E-state index in [0.717, 1.165) is 0 Å². The molecule has 0 aromatic heterocycles. The minimum absolute atomic E-state index is 0.219. The van der Waals surface area contributed by atoms with Crippen LogP contribution in [-0.2, 0) is 9.84 Å². The van der Waals surface area contributed by atoms with Gasteiger partial charge in [0.2, 0.25) is 9.84 Å². The molecule has 14 heavy (non-hydrogen) atoms. The lowest BCUT2D eigenvalue weighted by Gasteiger charge is -2.03. The lowest BCUT2D eigenvalue weighted by molar-refractivity contribution is 0.234. The van der Waals surface area contributed by atoms with Gasteiger partial charge in [-0.2, -0.15) is 8.78 Å². The van der Waals surface area contributed by atoms with E-state index in [-0.39, 0.29) is 6.07 Å². The van der Waals surface area contributed by atoms with Crippen molar-refractivity contribution in [3.8, 4) is 0 Å². The van der Waals surface area contributed by atoms with Gasteiger partial charge >= 0.3 is 5.76 Å². The van der Waals surface area contributed by atoms with Crippen molar-refractivity contribution in [3.05, 3.63) is 29.8 Å². The predicted octanol–water partition coefficient (Wildman–Crippen LogP) is 1.96. The monoisotopic (exact) mass is 228 g/mol. The Balaban J connectivity index is 3.40. The van der Waals surface area contributed by atoms with Crippen molar-refractivity contribution in [2.45, 2.75) is 10.7 Å². The molecule has 0 aliphatic carbocycles. The molecule has 0 unspecified atom stereocenters. The molecule has 0 spiro atoms. The normalized spacial score (nSPS) is 12.1. The van der Waals surface area contributed by atoms with Crippen molar-refractivity contribution in [3.63, 3.8) is 0 Å². The molecular weight excluding hydrogens is 224 g/mol. The molecule has 7 heteroatoms. The van der Waals surface area contributed by atoms with Crippen LogP contribution in [0.2, 0.25) is 0 Å². The number of hydrogen-bond acceptors (Lipinski definition) is 2. The largest absolute Gasteiger partial charge is 0.341 e. The van der Waals surface area contributed by atoms with Gasteiger partial charge in [-0.15, -0.1) is 0 Å². The maximum atomic E-state index is 12.7. The molecule has 0 N–H and O–H groups in total. The Labute approximate surface area is 77.1 Å². The van der Waals surface area contributed by atoms with Crippen LogP contribution in [0.15, 0.2) is 23.1 Å². The first kappa shape index (κ1) is 11.0. The first-order valence-electron chi connectivity index (χ1n) is 3.33. The second kappa shape index (κ2) is 3.56. The van der Waals surface area contributed by atoms with Gasteiger partial charge < -0.3 is 0 Å². The fraction of sp³-hybridized carbons (Fsp3) is 0.143. The van der Waals surface area contributed by atoms with E-state index in [0.29, 0.717) is 12.1 Å². The minimum atomic E-state index is -5.08. The minimum Gasteiger partial charge on any atom is -0.218 e. The van der Waals surface area contributed by atoms with Crippen LogP contribution < -0.4 is 0 Å². The van der Waals surface area contributed by atoms with Crippen molar-refractivity contribution in [1.82, 2.24) is 0 Å². The van der Waals surface area contributed by atoms with Crippen LogP contribution in [0.4, 0.5) is 17.6 Å². The van der Waals surface area contributed by atoms with Crippen molar-refractivity contribution in [1.29, 1.82) is 0 Å². The molecule has 0 heterocycles. The fourth-order valence-electron chi connectivity index (χ4n) is 0.791. The summed E-state index contributed by atoms with van der Waals surface area (Å²) in [5.41, 5.74) is 0. The van der Waals surface area contributed by atoms with Crippen molar-refractivity contribution < 1.29 is 26.0 Å². The Kier molecular flexibility index (Phi) is 2.79. The Hall–Kier alpha value is -1.11. The number of benzene rings is 1. The zero-order chi connectivity index (χ0) is 10.9. The molecular formula is C7H4F4O2S. The van der Waals surface area contributed by atoms with Crippen LogP contribution in [0.3, 0.4) is 0 Å². The summed E-state index contributed by atoms with van der Waals surface area (Å²) in [7, 11) is -5.08. The molecule has 78 valence electrons. The number of halogens is 4. The van der Waals surface area contributed by atoms with Crippen molar-refractivity contribution in [2.75, 3.05) is 0 Å². The SMILES string of the molecule is O=S(=O)(c1cc(F)ccc1F)C(F)F. The quantitative estimate of drug-likeness (QED) is 0.725. The van der Waals surface area contributed by atoms with E-state index in [1.54, 1.807) is 0 Å². The number of alkyl halides is 2. The van der Waals surface area contributed by atoms with E-state index >= 15 is 0 Å². The van der Waals surface area contributed by atoms with Crippen LogP contribution in [0, 0.1) is 11.6 Å². The molecule has 0 radical (unpaired) electrons. The number of sulfone groups is 1. The molecule has 0 saturated heterocycles. The van der Waals surface area contributed by atoms with E-state index in [1.165, 1.54) is 0 Å². The number of rotatable bonds is 2. The summed E-state index contributed by atoms with van der Waals surface area (Å²) >= 11 is 0. The standard InChI is InChI=1S/C7H4F4O2S/c8-4-1-2-5(9)6(3-4)14(12,13)7(10)11/h1-3,7H. The highest BCUT2D eigenvalue weighted by atomic mass is 32.2. The van der Waals surface area contributed by atoms with E-state index in [4.69, 9.17) is 0 Å². The van der Waals surface area contributed by atoms with Crippen LogP contribution in [0.5, 0.6) is 0 Å². The summed E-state index contributed by atoms with van der Waals surface area (Å²) in [4.78, 5) is -1.33. The van der Waals surface area contributed by atoms with E-state index in [1.807, 2.05) is 0 Å². The van der Waals surface area contributed by atoms with Gasteiger partial charge in [-0.05, 0) is 18.2 Å². The summed E-state index contributed by atoms with van der Waals surface area (Å²) < 4.78 is 70.6. The third kappa shape index (κ3) is 1.87. The summed E-state index contributed by atoms with van der Waals surface area (Å²) in [6.45, 7) is 0. The second-order valence-electron chi connectivity index (χ2n) is 2.38. The summed E-state index contributed by atoms with van der Waals surface area (Å²) in [5.74, 6) is -6.25. The van der Waals surface area contributed by atoms with Gasteiger partial charge in [-0.25, -0.2) is 17.2 Å². The molecule has 1 aromatic carbocycles. The highest BCUT2D eigenvalue weighted by Gasteiger charge is 2.29. The molecule has 0 fully saturated rings. The summed E-state index contributed by atoms with van der Waals surface area (Å²) in [6, 6.07) is 1.33.